The zero-order valence-electron chi connectivity index (χ0n) is 12.9. The first-order valence-corrected chi connectivity index (χ1v) is 7.99. The Morgan fingerprint density at radius 2 is 1.91 bits per heavy atom. The number of carbonyl (C=O) groups excluding carboxylic acids is 1. The first-order chi connectivity index (χ1) is 10.9. The van der Waals surface area contributed by atoms with E-state index < -0.39 is 11.5 Å². The molecule has 0 unspecified atom stereocenters. The summed E-state index contributed by atoms with van der Waals surface area (Å²) in [4.78, 5) is 22.5. The van der Waals surface area contributed by atoms with Crippen molar-refractivity contribution in [2.45, 2.75) is 37.6 Å². The van der Waals surface area contributed by atoms with Crippen LogP contribution in [0.25, 0.3) is 0 Å². The molecule has 7 nitrogen and oxygen atoms in total. The van der Waals surface area contributed by atoms with E-state index in [-0.39, 0.29) is 23.7 Å². The molecule has 122 valence electrons. The van der Waals surface area contributed by atoms with Gasteiger partial charge in [0.15, 0.2) is 0 Å². The topological polar surface area (TPSA) is 114 Å². The number of nitrogen functional groups attached to an aromatic ring is 1. The standard InChI is InChI=1S/C15H18N4O3S/c1-9-5-10(2)7-11(6-9)8-23-15-18-17-12(3-4-13(20)21)14(22)19(15)16/h5-7H,3-4,8,16H2,1-2H3,(H,20,21)/p-1. The Labute approximate surface area is 137 Å². The molecular weight excluding hydrogens is 316 g/mol. The van der Waals surface area contributed by atoms with E-state index in [0.717, 1.165) is 21.4 Å². The van der Waals surface area contributed by atoms with Gasteiger partial charge in [-0.05, 0) is 25.8 Å². The van der Waals surface area contributed by atoms with Crippen LogP contribution in [0.4, 0.5) is 0 Å². The molecule has 1 aromatic heterocycles. The van der Waals surface area contributed by atoms with Crippen LogP contribution in [0, 0.1) is 13.8 Å². The number of carbonyl (C=O) groups is 1. The second kappa shape index (κ2) is 7.28. The predicted octanol–water partition coefficient (Wildman–Crippen LogP) is -0.0563. The van der Waals surface area contributed by atoms with Gasteiger partial charge in [-0.25, -0.2) is 0 Å². The Morgan fingerprint density at radius 3 is 2.52 bits per heavy atom. The maximum absolute atomic E-state index is 12.0. The Morgan fingerprint density at radius 1 is 1.26 bits per heavy atom. The van der Waals surface area contributed by atoms with Crippen LogP contribution in [-0.2, 0) is 17.0 Å². The Hall–Kier alpha value is -2.35. The van der Waals surface area contributed by atoms with E-state index in [0.29, 0.717) is 5.75 Å². The number of benzene rings is 1. The van der Waals surface area contributed by atoms with Gasteiger partial charge in [0.1, 0.15) is 5.69 Å². The van der Waals surface area contributed by atoms with Crippen LogP contribution >= 0.6 is 11.8 Å². The summed E-state index contributed by atoms with van der Waals surface area (Å²) >= 11 is 1.30. The number of carboxylic acid groups (broad SMARTS) is 1. The van der Waals surface area contributed by atoms with Crippen molar-refractivity contribution in [3.8, 4) is 0 Å². The maximum Gasteiger partial charge on any atom is 0.294 e. The smallest absolute Gasteiger partial charge is 0.294 e. The Kier molecular flexibility index (Phi) is 5.38. The minimum absolute atomic E-state index is 0.0208. The molecule has 0 radical (unpaired) electrons. The molecule has 1 aromatic carbocycles. The van der Waals surface area contributed by atoms with Gasteiger partial charge in [0.25, 0.3) is 5.56 Å². The fourth-order valence-corrected chi connectivity index (χ4v) is 2.98. The highest BCUT2D eigenvalue weighted by molar-refractivity contribution is 7.98. The normalized spacial score (nSPS) is 10.7. The molecular formula is C15H17N4O3S-. The van der Waals surface area contributed by atoms with Crippen molar-refractivity contribution >= 4 is 17.7 Å². The Bertz CT molecular complexity index is 769. The van der Waals surface area contributed by atoms with Crippen molar-refractivity contribution in [1.82, 2.24) is 14.9 Å². The summed E-state index contributed by atoms with van der Waals surface area (Å²) in [5.74, 6) is 5.09. The van der Waals surface area contributed by atoms with Gasteiger partial charge < -0.3 is 15.7 Å². The molecule has 0 saturated heterocycles. The highest BCUT2D eigenvalue weighted by Gasteiger charge is 2.11. The van der Waals surface area contributed by atoms with E-state index in [2.05, 4.69) is 28.4 Å². The summed E-state index contributed by atoms with van der Waals surface area (Å²) in [7, 11) is 0. The van der Waals surface area contributed by atoms with Crippen molar-refractivity contribution in [2.75, 3.05) is 5.84 Å². The molecule has 2 aromatic rings. The number of aliphatic carboxylic acids is 1. The van der Waals surface area contributed by atoms with E-state index in [1.54, 1.807) is 0 Å². The number of thioether (sulfide) groups is 1. The molecule has 0 aliphatic carbocycles. The molecule has 0 bridgehead atoms. The van der Waals surface area contributed by atoms with Gasteiger partial charge in [-0.3, -0.25) is 4.79 Å². The highest BCUT2D eigenvalue weighted by Crippen LogP contribution is 2.20. The number of aryl methyl sites for hydroxylation is 3. The molecule has 0 saturated carbocycles. The molecule has 1 heterocycles. The van der Waals surface area contributed by atoms with E-state index >= 15 is 0 Å². The van der Waals surface area contributed by atoms with Crippen LogP contribution < -0.4 is 16.5 Å². The highest BCUT2D eigenvalue weighted by atomic mass is 32.2. The average Bonchev–Trinajstić information content (AvgIpc) is 2.46. The predicted molar refractivity (Wildman–Crippen MR) is 85.2 cm³/mol. The molecule has 0 spiro atoms. The lowest BCUT2D eigenvalue weighted by Gasteiger charge is -2.08. The third kappa shape index (κ3) is 4.56. The quantitative estimate of drug-likeness (QED) is 0.582. The fourth-order valence-electron chi connectivity index (χ4n) is 2.20. The Balaban J connectivity index is 2.13. The maximum atomic E-state index is 12.0. The van der Waals surface area contributed by atoms with Crippen LogP contribution in [0.3, 0.4) is 0 Å². The average molecular weight is 333 g/mol. The van der Waals surface area contributed by atoms with Crippen LogP contribution in [0.15, 0.2) is 28.2 Å². The fraction of sp³-hybridized carbons (Fsp3) is 0.333. The molecule has 0 atom stereocenters. The van der Waals surface area contributed by atoms with Crippen molar-refractivity contribution in [3.63, 3.8) is 0 Å². The lowest BCUT2D eigenvalue weighted by Crippen LogP contribution is -2.34. The number of nitrogens with zero attached hydrogens (tertiary/aromatic N) is 3. The van der Waals surface area contributed by atoms with Crippen LogP contribution in [0.1, 0.15) is 28.8 Å². The zero-order chi connectivity index (χ0) is 17.0. The summed E-state index contributed by atoms with van der Waals surface area (Å²) in [5, 5.41) is 18.4. The van der Waals surface area contributed by atoms with E-state index in [1.807, 2.05) is 13.8 Å². The van der Waals surface area contributed by atoms with Gasteiger partial charge in [0.05, 0.1) is 0 Å². The third-order valence-corrected chi connectivity index (χ3v) is 4.16. The minimum atomic E-state index is -1.25. The minimum Gasteiger partial charge on any atom is -0.550 e. The largest absolute Gasteiger partial charge is 0.550 e. The van der Waals surface area contributed by atoms with Crippen molar-refractivity contribution in [2.24, 2.45) is 0 Å². The van der Waals surface area contributed by atoms with E-state index in [1.165, 1.54) is 11.8 Å². The van der Waals surface area contributed by atoms with Gasteiger partial charge in [-0.1, -0.05) is 41.1 Å². The lowest BCUT2D eigenvalue weighted by molar-refractivity contribution is -0.305. The summed E-state index contributed by atoms with van der Waals surface area (Å²) in [6.07, 6.45) is -0.341. The number of aromatic nitrogens is 3. The lowest BCUT2D eigenvalue weighted by atomic mass is 10.1. The van der Waals surface area contributed by atoms with Gasteiger partial charge in [-0.2, -0.15) is 4.68 Å². The summed E-state index contributed by atoms with van der Waals surface area (Å²) in [6, 6.07) is 6.19. The monoisotopic (exact) mass is 333 g/mol. The van der Waals surface area contributed by atoms with Crippen LogP contribution in [-0.4, -0.2) is 20.8 Å². The molecule has 0 aliphatic rings. The summed E-state index contributed by atoms with van der Waals surface area (Å²) in [5.41, 5.74) is 2.91. The second-order valence-corrected chi connectivity index (χ2v) is 6.20. The summed E-state index contributed by atoms with van der Waals surface area (Å²) in [6.45, 7) is 4.04. The van der Waals surface area contributed by atoms with Gasteiger partial charge >= 0.3 is 0 Å². The van der Waals surface area contributed by atoms with E-state index in [4.69, 9.17) is 5.84 Å². The summed E-state index contributed by atoms with van der Waals surface area (Å²) < 4.78 is 0.908. The second-order valence-electron chi connectivity index (χ2n) is 5.26. The SMILES string of the molecule is Cc1cc(C)cc(CSc2nnc(CCC(=O)[O-])c(=O)n2N)c1. The number of hydrogen-bond acceptors (Lipinski definition) is 7. The van der Waals surface area contributed by atoms with Crippen molar-refractivity contribution < 1.29 is 9.90 Å². The van der Waals surface area contributed by atoms with Crippen LogP contribution in [0.2, 0.25) is 0 Å². The molecule has 2 rings (SSSR count). The van der Waals surface area contributed by atoms with Crippen molar-refractivity contribution in [3.05, 3.63) is 50.9 Å². The first kappa shape index (κ1) is 17.0. The molecule has 23 heavy (non-hydrogen) atoms. The molecule has 0 amide bonds. The molecule has 0 aliphatic heterocycles. The molecule has 8 heteroatoms. The van der Waals surface area contributed by atoms with Crippen molar-refractivity contribution in [1.29, 1.82) is 0 Å². The molecule has 0 fully saturated rings. The van der Waals surface area contributed by atoms with Gasteiger partial charge in [0.2, 0.25) is 5.16 Å². The number of carboxylic acids is 1. The van der Waals surface area contributed by atoms with Gasteiger partial charge in [0, 0.05) is 18.1 Å². The van der Waals surface area contributed by atoms with Crippen LogP contribution in [0.5, 0.6) is 0 Å². The number of hydrogen-bond donors (Lipinski definition) is 1. The number of rotatable bonds is 6. The first-order valence-electron chi connectivity index (χ1n) is 7.00. The zero-order valence-corrected chi connectivity index (χ0v) is 13.7. The molecule has 2 N–H and O–H groups in total. The van der Waals surface area contributed by atoms with Gasteiger partial charge in [-0.15, -0.1) is 10.2 Å². The van der Waals surface area contributed by atoms with E-state index in [9.17, 15) is 14.7 Å². The number of nitrogens with two attached hydrogens (primary N) is 1. The third-order valence-electron chi connectivity index (χ3n) is 3.14.